The lowest BCUT2D eigenvalue weighted by Crippen LogP contribution is -2.00. The summed E-state index contributed by atoms with van der Waals surface area (Å²) in [6.07, 6.45) is 2.48. The third kappa shape index (κ3) is 3.59. The SMILES string of the molecule is CCc1cc(C)n2nc(CC)c(Cc3ccc(-c4ccccc4C(=O)O)cc3)c2n1. The van der Waals surface area contributed by atoms with Crippen LogP contribution in [0.4, 0.5) is 0 Å². The molecule has 0 spiro atoms. The van der Waals surface area contributed by atoms with E-state index in [-0.39, 0.29) is 0 Å². The van der Waals surface area contributed by atoms with Crippen LogP contribution in [0.25, 0.3) is 16.8 Å². The molecule has 152 valence electrons. The number of rotatable bonds is 6. The van der Waals surface area contributed by atoms with Crippen molar-refractivity contribution in [2.45, 2.75) is 40.0 Å². The van der Waals surface area contributed by atoms with Crippen molar-refractivity contribution < 1.29 is 9.90 Å². The van der Waals surface area contributed by atoms with E-state index in [1.165, 1.54) is 0 Å². The van der Waals surface area contributed by atoms with Crippen molar-refractivity contribution in [3.63, 3.8) is 0 Å². The fourth-order valence-electron chi connectivity index (χ4n) is 3.89. The van der Waals surface area contributed by atoms with Gasteiger partial charge in [0.25, 0.3) is 0 Å². The van der Waals surface area contributed by atoms with E-state index >= 15 is 0 Å². The normalized spacial score (nSPS) is 11.2. The monoisotopic (exact) mass is 399 g/mol. The molecule has 2 aromatic heterocycles. The Morgan fingerprint density at radius 3 is 2.43 bits per heavy atom. The van der Waals surface area contributed by atoms with Crippen molar-refractivity contribution >= 4 is 11.6 Å². The predicted octanol–water partition coefficient (Wildman–Crippen LogP) is 5.12. The third-order valence-corrected chi connectivity index (χ3v) is 5.50. The van der Waals surface area contributed by atoms with Crippen molar-refractivity contribution in [2.24, 2.45) is 0 Å². The zero-order valence-corrected chi connectivity index (χ0v) is 17.5. The minimum atomic E-state index is -0.915. The van der Waals surface area contributed by atoms with Crippen LogP contribution in [0.15, 0.2) is 54.6 Å². The minimum Gasteiger partial charge on any atom is -0.478 e. The molecule has 5 heteroatoms. The summed E-state index contributed by atoms with van der Waals surface area (Å²) in [6.45, 7) is 6.30. The molecule has 5 nitrogen and oxygen atoms in total. The van der Waals surface area contributed by atoms with E-state index in [2.05, 4.69) is 39.0 Å². The zero-order chi connectivity index (χ0) is 21.3. The number of hydrogen-bond acceptors (Lipinski definition) is 3. The molecular formula is C25H25N3O2. The quantitative estimate of drug-likeness (QED) is 0.489. The standard InChI is InChI=1S/C25H25N3O2/c1-4-19-14-16(3)28-24(26-19)22(23(5-2)27-28)15-17-10-12-18(13-11-17)20-8-6-7-9-21(20)25(29)30/h6-14H,4-5,15H2,1-3H3,(H,29,30). The Bertz CT molecular complexity index is 1220. The largest absolute Gasteiger partial charge is 0.478 e. The summed E-state index contributed by atoms with van der Waals surface area (Å²) in [6, 6.07) is 17.3. The van der Waals surface area contributed by atoms with Crippen molar-refractivity contribution in [3.05, 3.63) is 88.4 Å². The van der Waals surface area contributed by atoms with Gasteiger partial charge >= 0.3 is 5.97 Å². The molecule has 2 heterocycles. The summed E-state index contributed by atoms with van der Waals surface area (Å²) < 4.78 is 1.95. The Balaban J connectivity index is 1.71. The first-order valence-corrected chi connectivity index (χ1v) is 10.3. The second-order valence-corrected chi connectivity index (χ2v) is 7.48. The fourth-order valence-corrected chi connectivity index (χ4v) is 3.89. The number of aromatic nitrogens is 3. The first-order valence-electron chi connectivity index (χ1n) is 10.3. The van der Waals surface area contributed by atoms with Crippen molar-refractivity contribution in [3.8, 4) is 11.1 Å². The van der Waals surface area contributed by atoms with E-state index in [0.29, 0.717) is 5.56 Å². The van der Waals surface area contributed by atoms with Crippen LogP contribution in [-0.2, 0) is 19.3 Å². The highest BCUT2D eigenvalue weighted by Gasteiger charge is 2.16. The van der Waals surface area contributed by atoms with Crippen molar-refractivity contribution in [1.29, 1.82) is 0 Å². The molecule has 0 aliphatic heterocycles. The van der Waals surface area contributed by atoms with Gasteiger partial charge in [0.2, 0.25) is 0 Å². The Labute approximate surface area is 176 Å². The predicted molar refractivity (Wildman–Crippen MR) is 118 cm³/mol. The van der Waals surface area contributed by atoms with Gasteiger partial charge in [-0.25, -0.2) is 14.3 Å². The number of carboxylic acids is 1. The van der Waals surface area contributed by atoms with Gasteiger partial charge in [-0.3, -0.25) is 0 Å². The van der Waals surface area contributed by atoms with Gasteiger partial charge in [0.1, 0.15) is 0 Å². The van der Waals surface area contributed by atoms with Gasteiger partial charge in [0, 0.05) is 23.4 Å². The summed E-state index contributed by atoms with van der Waals surface area (Å²) >= 11 is 0. The smallest absolute Gasteiger partial charge is 0.336 e. The van der Waals surface area contributed by atoms with Crippen molar-refractivity contribution in [1.82, 2.24) is 14.6 Å². The van der Waals surface area contributed by atoms with E-state index < -0.39 is 5.97 Å². The molecular weight excluding hydrogens is 374 g/mol. The van der Waals surface area contributed by atoms with Crippen molar-refractivity contribution in [2.75, 3.05) is 0 Å². The summed E-state index contributed by atoms with van der Waals surface area (Å²) in [5.74, 6) is -0.915. The summed E-state index contributed by atoms with van der Waals surface area (Å²) in [4.78, 5) is 16.4. The molecule has 4 aromatic rings. The molecule has 0 aliphatic rings. The third-order valence-electron chi connectivity index (χ3n) is 5.50. The number of aromatic carboxylic acids is 1. The van der Waals surface area contributed by atoms with E-state index in [1.807, 2.05) is 28.8 Å². The maximum absolute atomic E-state index is 11.5. The molecule has 30 heavy (non-hydrogen) atoms. The van der Waals surface area contributed by atoms with E-state index in [9.17, 15) is 9.90 Å². The van der Waals surface area contributed by atoms with Crippen LogP contribution in [0.3, 0.4) is 0 Å². The second-order valence-electron chi connectivity index (χ2n) is 7.48. The fraction of sp³-hybridized carbons (Fsp3) is 0.240. The van der Waals surface area contributed by atoms with Gasteiger partial charge in [-0.2, -0.15) is 5.10 Å². The molecule has 0 atom stereocenters. The second kappa shape index (κ2) is 8.11. The lowest BCUT2D eigenvalue weighted by Gasteiger charge is -2.08. The number of nitrogens with zero attached hydrogens (tertiary/aromatic N) is 3. The topological polar surface area (TPSA) is 67.5 Å². The zero-order valence-electron chi connectivity index (χ0n) is 17.5. The Hall–Kier alpha value is -3.47. The lowest BCUT2D eigenvalue weighted by atomic mass is 9.97. The number of fused-ring (bicyclic) bond motifs is 1. The molecule has 4 rings (SSSR count). The molecule has 0 saturated carbocycles. The Morgan fingerprint density at radius 1 is 1.03 bits per heavy atom. The molecule has 0 radical (unpaired) electrons. The molecule has 1 N–H and O–H groups in total. The molecule has 0 saturated heterocycles. The van der Waals surface area contributed by atoms with Crippen LogP contribution < -0.4 is 0 Å². The maximum atomic E-state index is 11.5. The average molecular weight is 399 g/mol. The highest BCUT2D eigenvalue weighted by Crippen LogP contribution is 2.26. The lowest BCUT2D eigenvalue weighted by molar-refractivity contribution is 0.0697. The minimum absolute atomic E-state index is 0.313. The molecule has 0 amide bonds. The van der Waals surface area contributed by atoms with Gasteiger partial charge in [0.05, 0.1) is 11.3 Å². The highest BCUT2D eigenvalue weighted by molar-refractivity contribution is 5.96. The number of benzene rings is 2. The summed E-state index contributed by atoms with van der Waals surface area (Å²) in [5.41, 5.74) is 8.42. The van der Waals surface area contributed by atoms with Crippen LogP contribution in [0.2, 0.25) is 0 Å². The molecule has 0 fully saturated rings. The van der Waals surface area contributed by atoms with E-state index in [1.54, 1.807) is 12.1 Å². The van der Waals surface area contributed by atoms with Gasteiger partial charge < -0.3 is 5.11 Å². The van der Waals surface area contributed by atoms with Crippen LogP contribution in [0.5, 0.6) is 0 Å². The first kappa shape index (κ1) is 19.8. The van der Waals surface area contributed by atoms with Gasteiger partial charge in [-0.05, 0) is 48.6 Å². The number of carboxylic acid groups (broad SMARTS) is 1. The van der Waals surface area contributed by atoms with Crippen LogP contribution in [-0.4, -0.2) is 25.7 Å². The Morgan fingerprint density at radius 2 is 1.77 bits per heavy atom. The Kier molecular flexibility index (Phi) is 5.36. The molecule has 0 aliphatic carbocycles. The van der Waals surface area contributed by atoms with Gasteiger partial charge in [0.15, 0.2) is 5.65 Å². The molecule has 2 aromatic carbocycles. The van der Waals surface area contributed by atoms with Crippen LogP contribution in [0.1, 0.15) is 52.4 Å². The summed E-state index contributed by atoms with van der Waals surface area (Å²) in [7, 11) is 0. The highest BCUT2D eigenvalue weighted by atomic mass is 16.4. The number of carbonyl (C=O) groups is 1. The number of aryl methyl sites for hydroxylation is 3. The molecule has 0 unspecified atom stereocenters. The van der Waals surface area contributed by atoms with Gasteiger partial charge in [-0.15, -0.1) is 0 Å². The maximum Gasteiger partial charge on any atom is 0.336 e. The van der Waals surface area contributed by atoms with E-state index in [4.69, 9.17) is 10.1 Å². The number of hydrogen-bond donors (Lipinski definition) is 1. The average Bonchev–Trinajstić information content (AvgIpc) is 3.12. The van der Waals surface area contributed by atoms with E-state index in [0.717, 1.165) is 64.2 Å². The van der Waals surface area contributed by atoms with Crippen LogP contribution in [0, 0.1) is 6.92 Å². The first-order chi connectivity index (χ1) is 14.5. The van der Waals surface area contributed by atoms with Crippen LogP contribution >= 0.6 is 0 Å². The molecule has 0 bridgehead atoms. The van der Waals surface area contributed by atoms with Gasteiger partial charge in [-0.1, -0.05) is 56.3 Å². The summed E-state index contributed by atoms with van der Waals surface area (Å²) in [5, 5.41) is 14.2.